The number of anilines is 3. The maximum atomic E-state index is 6.24. The molecule has 2 aliphatic rings. The molecule has 0 unspecified atom stereocenters. The molecule has 2 aliphatic carbocycles. The maximum absolute atomic E-state index is 6.24. The molecule has 0 amide bonds. The first-order valence-corrected chi connectivity index (χ1v) is 17.6. The van der Waals surface area contributed by atoms with E-state index in [4.69, 9.17) is 4.42 Å². The van der Waals surface area contributed by atoms with Crippen LogP contribution in [-0.2, 0) is 10.8 Å². The van der Waals surface area contributed by atoms with Gasteiger partial charge in [0.25, 0.3) is 0 Å². The van der Waals surface area contributed by atoms with E-state index in [0.717, 1.165) is 38.9 Å². The topological polar surface area (TPSA) is 16.4 Å². The lowest BCUT2D eigenvalue weighted by atomic mass is 9.82. The highest BCUT2D eigenvalue weighted by Gasteiger charge is 2.39. The van der Waals surface area contributed by atoms with Crippen LogP contribution < -0.4 is 4.90 Å². The summed E-state index contributed by atoms with van der Waals surface area (Å²) in [4.78, 5) is 2.52. The van der Waals surface area contributed by atoms with Crippen molar-refractivity contribution in [2.75, 3.05) is 4.90 Å². The predicted octanol–water partition coefficient (Wildman–Crippen LogP) is 13.3. The van der Waals surface area contributed by atoms with E-state index in [2.05, 4.69) is 172 Å². The van der Waals surface area contributed by atoms with Gasteiger partial charge in [0.2, 0.25) is 0 Å². The molecule has 0 radical (unpaired) electrons. The summed E-state index contributed by atoms with van der Waals surface area (Å²) in [5.41, 5.74) is 18.2. The highest BCUT2D eigenvalue weighted by atomic mass is 16.3. The Hall–Kier alpha value is -5.86. The van der Waals surface area contributed by atoms with E-state index >= 15 is 0 Å². The first-order valence-electron chi connectivity index (χ1n) is 17.6. The number of nitrogens with zero attached hydrogens (tertiary/aromatic N) is 1. The van der Waals surface area contributed by atoms with Gasteiger partial charge in [-0.1, -0.05) is 137 Å². The van der Waals surface area contributed by atoms with Crippen LogP contribution in [0.15, 0.2) is 156 Å². The van der Waals surface area contributed by atoms with Crippen LogP contribution in [0, 0.1) is 0 Å². The molecule has 10 rings (SSSR count). The highest BCUT2D eigenvalue weighted by Crippen LogP contribution is 2.56. The van der Waals surface area contributed by atoms with Gasteiger partial charge in [-0.25, -0.2) is 0 Å². The number of benzene rings is 7. The van der Waals surface area contributed by atoms with Crippen molar-refractivity contribution >= 4 is 39.0 Å². The van der Waals surface area contributed by atoms with E-state index in [1.165, 1.54) is 55.8 Å². The molecule has 0 fully saturated rings. The fraction of sp³-hybridized carbons (Fsp3) is 0.125. The van der Waals surface area contributed by atoms with Gasteiger partial charge in [-0.2, -0.15) is 0 Å². The molecule has 240 valence electrons. The quantitative estimate of drug-likeness (QED) is 0.190. The van der Waals surface area contributed by atoms with Crippen molar-refractivity contribution in [2.24, 2.45) is 0 Å². The van der Waals surface area contributed by atoms with E-state index in [1.54, 1.807) is 0 Å². The molecular formula is C48H37NO. The highest BCUT2D eigenvalue weighted by molar-refractivity contribution is 6.07. The first-order chi connectivity index (χ1) is 24.3. The number of hydrogen-bond acceptors (Lipinski definition) is 2. The van der Waals surface area contributed by atoms with Crippen molar-refractivity contribution in [3.8, 4) is 33.4 Å². The minimum atomic E-state index is -0.117. The second-order valence-corrected chi connectivity index (χ2v) is 14.9. The summed E-state index contributed by atoms with van der Waals surface area (Å²) in [6.07, 6.45) is 0. The Morgan fingerprint density at radius 2 is 1.02 bits per heavy atom. The molecular weight excluding hydrogens is 607 g/mol. The van der Waals surface area contributed by atoms with E-state index in [1.807, 2.05) is 12.1 Å². The Balaban J connectivity index is 1.25. The number of para-hydroxylation sites is 2. The molecule has 0 atom stereocenters. The van der Waals surface area contributed by atoms with Crippen LogP contribution in [-0.4, -0.2) is 0 Å². The van der Waals surface area contributed by atoms with E-state index < -0.39 is 0 Å². The van der Waals surface area contributed by atoms with Gasteiger partial charge in [-0.05, 0) is 87.0 Å². The zero-order valence-corrected chi connectivity index (χ0v) is 28.8. The molecule has 1 aromatic heterocycles. The summed E-state index contributed by atoms with van der Waals surface area (Å²) >= 11 is 0. The Morgan fingerprint density at radius 3 is 1.86 bits per heavy atom. The lowest BCUT2D eigenvalue weighted by Gasteiger charge is -2.32. The Bertz CT molecular complexity index is 2670. The molecule has 7 aromatic carbocycles. The van der Waals surface area contributed by atoms with Gasteiger partial charge < -0.3 is 9.32 Å². The molecule has 8 aromatic rings. The molecule has 0 saturated carbocycles. The van der Waals surface area contributed by atoms with Crippen LogP contribution in [0.3, 0.4) is 0 Å². The SMILES string of the molecule is CC1(C)c2ccccc2-c2ccc(N(c3ccccc3-c3ccc4oc5ccccc5c4c3)c3cccc4c3-c3ccccc3C4(C)C)cc21. The van der Waals surface area contributed by atoms with Crippen molar-refractivity contribution in [2.45, 2.75) is 38.5 Å². The average molecular weight is 644 g/mol. The molecule has 0 aliphatic heterocycles. The first kappa shape index (κ1) is 29.1. The smallest absolute Gasteiger partial charge is 0.135 e. The van der Waals surface area contributed by atoms with Crippen molar-refractivity contribution in [3.63, 3.8) is 0 Å². The second-order valence-electron chi connectivity index (χ2n) is 14.9. The Kier molecular flexibility index (Phi) is 6.01. The Labute approximate surface area is 293 Å². The molecule has 0 N–H and O–H groups in total. The zero-order valence-electron chi connectivity index (χ0n) is 28.8. The number of fused-ring (bicyclic) bond motifs is 9. The molecule has 0 spiro atoms. The average Bonchev–Trinajstić information content (AvgIpc) is 3.72. The number of hydrogen-bond donors (Lipinski definition) is 0. The van der Waals surface area contributed by atoms with E-state index in [-0.39, 0.29) is 10.8 Å². The van der Waals surface area contributed by atoms with Crippen LogP contribution >= 0.6 is 0 Å². The third-order valence-electron chi connectivity index (χ3n) is 11.5. The van der Waals surface area contributed by atoms with Gasteiger partial charge in [0, 0.05) is 38.4 Å². The van der Waals surface area contributed by atoms with Gasteiger partial charge in [-0.15, -0.1) is 0 Å². The van der Waals surface area contributed by atoms with Gasteiger partial charge >= 0.3 is 0 Å². The van der Waals surface area contributed by atoms with Crippen molar-refractivity contribution in [1.29, 1.82) is 0 Å². The third kappa shape index (κ3) is 3.96. The van der Waals surface area contributed by atoms with E-state index in [9.17, 15) is 0 Å². The summed E-state index contributed by atoms with van der Waals surface area (Å²) in [7, 11) is 0. The molecule has 0 bridgehead atoms. The van der Waals surface area contributed by atoms with Crippen molar-refractivity contribution in [1.82, 2.24) is 0 Å². The van der Waals surface area contributed by atoms with Gasteiger partial charge in [0.15, 0.2) is 0 Å². The number of rotatable bonds is 4. The molecule has 0 saturated heterocycles. The maximum Gasteiger partial charge on any atom is 0.135 e. The van der Waals surface area contributed by atoms with Crippen molar-refractivity contribution < 1.29 is 4.42 Å². The molecule has 50 heavy (non-hydrogen) atoms. The molecule has 2 heteroatoms. The fourth-order valence-corrected chi connectivity index (χ4v) is 8.97. The summed E-state index contributed by atoms with van der Waals surface area (Å²) in [5, 5.41) is 2.27. The summed E-state index contributed by atoms with van der Waals surface area (Å²) in [5.74, 6) is 0. The van der Waals surface area contributed by atoms with Gasteiger partial charge in [-0.3, -0.25) is 0 Å². The second kappa shape index (κ2) is 10.3. The largest absolute Gasteiger partial charge is 0.456 e. The van der Waals surface area contributed by atoms with Crippen molar-refractivity contribution in [3.05, 3.63) is 174 Å². The summed E-state index contributed by atoms with van der Waals surface area (Å²) < 4.78 is 6.24. The van der Waals surface area contributed by atoms with Crippen LogP contribution in [0.2, 0.25) is 0 Å². The summed E-state index contributed by atoms with van der Waals surface area (Å²) in [6, 6.07) is 55.7. The van der Waals surface area contributed by atoms with Gasteiger partial charge in [0.1, 0.15) is 11.2 Å². The fourth-order valence-electron chi connectivity index (χ4n) is 8.97. The molecule has 2 nitrogen and oxygen atoms in total. The lowest BCUT2D eigenvalue weighted by Crippen LogP contribution is -2.18. The zero-order chi connectivity index (χ0) is 33.8. The van der Waals surface area contributed by atoms with Crippen LogP contribution in [0.25, 0.3) is 55.3 Å². The predicted molar refractivity (Wildman–Crippen MR) is 209 cm³/mol. The minimum absolute atomic E-state index is 0.109. The monoisotopic (exact) mass is 643 g/mol. The number of furan rings is 1. The summed E-state index contributed by atoms with van der Waals surface area (Å²) in [6.45, 7) is 9.45. The third-order valence-corrected chi connectivity index (χ3v) is 11.5. The lowest BCUT2D eigenvalue weighted by molar-refractivity contribution is 0.660. The Morgan fingerprint density at radius 1 is 0.420 bits per heavy atom. The normalized spacial score (nSPS) is 14.7. The van der Waals surface area contributed by atoms with Crippen LogP contribution in [0.1, 0.15) is 49.9 Å². The minimum Gasteiger partial charge on any atom is -0.456 e. The standard InChI is InChI=1S/C48H37NO/c1-47(2)39-19-10-6-17-36(39)46-40(47)20-13-22-43(46)49(31-25-26-34-33-15-5-9-18-38(33)48(3,4)41(34)29-31)42-21-11-7-14-32(42)30-24-27-45-37(28-30)35-16-8-12-23-44(35)50-45/h5-29H,1-4H3. The van der Waals surface area contributed by atoms with E-state index in [0.29, 0.717) is 0 Å². The van der Waals surface area contributed by atoms with Crippen LogP contribution in [0.4, 0.5) is 17.1 Å². The van der Waals surface area contributed by atoms with Gasteiger partial charge in [0.05, 0.1) is 11.4 Å². The molecule has 1 heterocycles. The van der Waals surface area contributed by atoms with Crippen LogP contribution in [0.5, 0.6) is 0 Å².